The minimum absolute atomic E-state index is 0.00295. The second-order valence-electron chi connectivity index (χ2n) is 5.42. The summed E-state index contributed by atoms with van der Waals surface area (Å²) in [6.07, 6.45) is 0. The number of likely N-dealkylation sites (N-methyl/N-ethyl adjacent to an activating group) is 1. The van der Waals surface area contributed by atoms with Crippen molar-refractivity contribution < 1.29 is 4.92 Å². The lowest BCUT2D eigenvalue weighted by Gasteiger charge is -2.45. The normalized spacial score (nSPS) is 19.5. The molecule has 1 fully saturated rings. The number of nitro groups is 1. The smallest absolute Gasteiger partial charge is 0.276 e. The van der Waals surface area contributed by atoms with Crippen LogP contribution in [0.1, 0.15) is 13.8 Å². The summed E-state index contributed by atoms with van der Waals surface area (Å²) < 4.78 is 0. The maximum Gasteiger partial charge on any atom is 0.276 e. The van der Waals surface area contributed by atoms with E-state index in [0.717, 1.165) is 19.6 Å². The number of piperazine rings is 1. The highest BCUT2D eigenvalue weighted by molar-refractivity contribution is 6.29. The molecule has 0 bridgehead atoms. The molecule has 0 radical (unpaired) electrons. The van der Waals surface area contributed by atoms with Gasteiger partial charge in [0.2, 0.25) is 0 Å². The molecule has 0 saturated carbocycles. The van der Waals surface area contributed by atoms with E-state index in [1.807, 2.05) is 4.90 Å². The lowest BCUT2D eigenvalue weighted by molar-refractivity contribution is -0.384. The van der Waals surface area contributed by atoms with Crippen molar-refractivity contribution in [2.75, 3.05) is 31.6 Å². The molecule has 2 heterocycles. The first kappa shape index (κ1) is 14.0. The summed E-state index contributed by atoms with van der Waals surface area (Å²) in [4.78, 5) is 18.9. The molecule has 1 aromatic rings. The molecule has 104 valence electrons. The van der Waals surface area contributed by atoms with Crippen LogP contribution in [-0.4, -0.2) is 47.0 Å². The number of halogens is 1. The fourth-order valence-electron chi connectivity index (χ4n) is 2.17. The van der Waals surface area contributed by atoms with Gasteiger partial charge in [0.15, 0.2) is 0 Å². The second kappa shape index (κ2) is 4.94. The van der Waals surface area contributed by atoms with Crippen LogP contribution in [0.3, 0.4) is 0 Å². The fourth-order valence-corrected chi connectivity index (χ4v) is 2.37. The van der Waals surface area contributed by atoms with Gasteiger partial charge in [0, 0.05) is 25.2 Å². The third-order valence-electron chi connectivity index (χ3n) is 3.62. The zero-order valence-corrected chi connectivity index (χ0v) is 12.0. The maximum atomic E-state index is 10.9. The van der Waals surface area contributed by atoms with Gasteiger partial charge in [-0.3, -0.25) is 15.0 Å². The molecule has 1 saturated heterocycles. The molecule has 0 atom stereocenters. The van der Waals surface area contributed by atoms with E-state index in [1.165, 1.54) is 12.1 Å². The Hall–Kier alpha value is -1.40. The van der Waals surface area contributed by atoms with Crippen molar-refractivity contribution in [3.63, 3.8) is 0 Å². The Morgan fingerprint density at radius 2 is 2.11 bits per heavy atom. The summed E-state index contributed by atoms with van der Waals surface area (Å²) in [5.74, 6) is 0.570. The Labute approximate surface area is 117 Å². The number of aromatic nitrogens is 1. The Bertz CT molecular complexity index is 507. The molecule has 19 heavy (non-hydrogen) atoms. The van der Waals surface area contributed by atoms with Crippen LogP contribution >= 0.6 is 11.6 Å². The molecule has 0 aromatic carbocycles. The summed E-state index contributed by atoms with van der Waals surface area (Å²) in [7, 11) is 2.07. The lowest BCUT2D eigenvalue weighted by Crippen LogP contribution is -2.57. The summed E-state index contributed by atoms with van der Waals surface area (Å²) in [6.45, 7) is 6.70. The zero-order valence-electron chi connectivity index (χ0n) is 11.3. The summed E-state index contributed by atoms with van der Waals surface area (Å²) in [5, 5.41) is 11.0. The quantitative estimate of drug-likeness (QED) is 0.473. The van der Waals surface area contributed by atoms with Crippen molar-refractivity contribution in [1.82, 2.24) is 9.88 Å². The molecule has 6 nitrogen and oxygen atoms in total. The van der Waals surface area contributed by atoms with Crippen molar-refractivity contribution in [1.29, 1.82) is 0 Å². The lowest BCUT2D eigenvalue weighted by atomic mass is 10.00. The highest BCUT2D eigenvalue weighted by atomic mass is 35.5. The van der Waals surface area contributed by atoms with Gasteiger partial charge >= 0.3 is 0 Å². The van der Waals surface area contributed by atoms with Crippen LogP contribution < -0.4 is 4.90 Å². The molecule has 0 amide bonds. The van der Waals surface area contributed by atoms with Crippen molar-refractivity contribution in [3.8, 4) is 0 Å². The molecule has 0 unspecified atom stereocenters. The van der Waals surface area contributed by atoms with Crippen LogP contribution in [0.15, 0.2) is 12.1 Å². The largest absolute Gasteiger partial charge is 0.353 e. The van der Waals surface area contributed by atoms with E-state index in [1.54, 1.807) is 0 Å². The minimum Gasteiger partial charge on any atom is -0.353 e. The van der Waals surface area contributed by atoms with E-state index in [0.29, 0.717) is 5.82 Å². The molecule has 1 aliphatic heterocycles. The molecular formula is C12H17ClN4O2. The number of anilines is 1. The van der Waals surface area contributed by atoms with Crippen LogP contribution in [-0.2, 0) is 0 Å². The topological polar surface area (TPSA) is 62.5 Å². The summed E-state index contributed by atoms with van der Waals surface area (Å²) >= 11 is 5.86. The Kier molecular flexibility index (Phi) is 3.64. The molecule has 1 aliphatic rings. The van der Waals surface area contributed by atoms with Gasteiger partial charge in [0.1, 0.15) is 11.0 Å². The van der Waals surface area contributed by atoms with Gasteiger partial charge in [-0.05, 0) is 20.9 Å². The number of rotatable bonds is 2. The van der Waals surface area contributed by atoms with Gasteiger partial charge in [-0.1, -0.05) is 11.6 Å². The molecule has 1 aromatic heterocycles. The van der Waals surface area contributed by atoms with Crippen LogP contribution in [0.25, 0.3) is 0 Å². The average Bonchev–Trinajstić information content (AvgIpc) is 2.31. The van der Waals surface area contributed by atoms with Gasteiger partial charge in [-0.25, -0.2) is 4.98 Å². The van der Waals surface area contributed by atoms with Crippen LogP contribution in [0.5, 0.6) is 0 Å². The minimum atomic E-state index is -0.446. The van der Waals surface area contributed by atoms with Crippen LogP contribution in [0.4, 0.5) is 11.5 Å². The van der Waals surface area contributed by atoms with Gasteiger partial charge in [0.05, 0.1) is 17.1 Å². The van der Waals surface area contributed by atoms with Crippen molar-refractivity contribution >= 4 is 23.1 Å². The van der Waals surface area contributed by atoms with Crippen LogP contribution in [0.2, 0.25) is 5.15 Å². The SMILES string of the molecule is CN1CCN(c2cc([N+](=O)[O-])cc(Cl)n2)CC1(C)C. The van der Waals surface area contributed by atoms with Gasteiger partial charge in [-0.2, -0.15) is 0 Å². The van der Waals surface area contributed by atoms with E-state index in [9.17, 15) is 10.1 Å². The molecule has 0 spiro atoms. The maximum absolute atomic E-state index is 10.9. The van der Waals surface area contributed by atoms with E-state index in [2.05, 4.69) is 30.8 Å². The monoisotopic (exact) mass is 284 g/mol. The van der Waals surface area contributed by atoms with Gasteiger partial charge in [0.25, 0.3) is 5.69 Å². The Morgan fingerprint density at radius 1 is 1.42 bits per heavy atom. The predicted molar refractivity (Wildman–Crippen MR) is 74.8 cm³/mol. The zero-order chi connectivity index (χ0) is 14.2. The Balaban J connectivity index is 2.30. The third-order valence-corrected chi connectivity index (χ3v) is 3.81. The third kappa shape index (κ3) is 2.96. The van der Waals surface area contributed by atoms with Crippen LogP contribution in [0, 0.1) is 10.1 Å². The van der Waals surface area contributed by atoms with E-state index < -0.39 is 4.92 Å². The van der Waals surface area contributed by atoms with Gasteiger partial charge in [-0.15, -0.1) is 0 Å². The first-order valence-corrected chi connectivity index (χ1v) is 6.45. The number of nitrogens with zero attached hydrogens (tertiary/aromatic N) is 4. The van der Waals surface area contributed by atoms with E-state index in [4.69, 9.17) is 11.6 Å². The first-order chi connectivity index (χ1) is 8.79. The molecule has 2 rings (SSSR count). The van der Waals surface area contributed by atoms with E-state index in [-0.39, 0.29) is 16.4 Å². The second-order valence-corrected chi connectivity index (χ2v) is 5.81. The highest BCUT2D eigenvalue weighted by Gasteiger charge is 2.32. The fraction of sp³-hybridized carbons (Fsp3) is 0.583. The van der Waals surface area contributed by atoms with Crippen molar-refractivity contribution in [3.05, 3.63) is 27.4 Å². The average molecular weight is 285 g/mol. The molecular weight excluding hydrogens is 268 g/mol. The molecule has 7 heteroatoms. The van der Waals surface area contributed by atoms with Gasteiger partial charge < -0.3 is 4.90 Å². The van der Waals surface area contributed by atoms with Crippen molar-refractivity contribution in [2.24, 2.45) is 0 Å². The number of pyridine rings is 1. The standard InChI is InChI=1S/C12H17ClN4O2/c1-12(2)8-16(5-4-15(12)3)11-7-9(17(18)19)6-10(13)14-11/h6-7H,4-5,8H2,1-3H3. The number of hydrogen-bond acceptors (Lipinski definition) is 5. The summed E-state index contributed by atoms with van der Waals surface area (Å²) in [5.41, 5.74) is -0.0245. The predicted octanol–water partition coefficient (Wildman–Crippen LogP) is 2.17. The number of hydrogen-bond donors (Lipinski definition) is 0. The Morgan fingerprint density at radius 3 is 2.68 bits per heavy atom. The molecule has 0 N–H and O–H groups in total. The summed E-state index contributed by atoms with van der Waals surface area (Å²) in [6, 6.07) is 2.75. The highest BCUT2D eigenvalue weighted by Crippen LogP contribution is 2.27. The van der Waals surface area contributed by atoms with Crippen molar-refractivity contribution in [2.45, 2.75) is 19.4 Å². The first-order valence-electron chi connectivity index (χ1n) is 6.08. The van der Waals surface area contributed by atoms with E-state index >= 15 is 0 Å². The molecule has 0 aliphatic carbocycles.